The fraction of sp³-hybridized carbons (Fsp3) is 0.0833. The number of primary amides is 1. The van der Waals surface area contributed by atoms with Crippen LogP contribution in [-0.4, -0.2) is 29.4 Å². The number of aliphatic carboxylic acids is 1. The summed E-state index contributed by atoms with van der Waals surface area (Å²) >= 11 is 0. The predicted molar refractivity (Wildman–Crippen MR) is 64.1 cm³/mol. The molecule has 6 heteroatoms. The van der Waals surface area contributed by atoms with Gasteiger partial charge >= 0.3 is 5.97 Å². The van der Waals surface area contributed by atoms with E-state index in [1.165, 1.54) is 24.3 Å². The van der Waals surface area contributed by atoms with Crippen molar-refractivity contribution in [3.8, 4) is 0 Å². The summed E-state index contributed by atoms with van der Waals surface area (Å²) in [4.78, 5) is 32.7. The first kappa shape index (κ1) is 13.4. The van der Waals surface area contributed by atoms with Crippen LogP contribution in [0, 0.1) is 0 Å². The first-order valence-corrected chi connectivity index (χ1v) is 5.08. The summed E-state index contributed by atoms with van der Waals surface area (Å²) in [7, 11) is 0. The van der Waals surface area contributed by atoms with E-state index in [0.29, 0.717) is 0 Å². The van der Waals surface area contributed by atoms with Crippen LogP contribution in [0.3, 0.4) is 0 Å². The monoisotopic (exact) mass is 248 g/mol. The van der Waals surface area contributed by atoms with Crippen molar-refractivity contribution in [3.63, 3.8) is 0 Å². The van der Waals surface area contributed by atoms with E-state index in [4.69, 9.17) is 10.8 Å². The smallest absolute Gasteiger partial charge is 0.328 e. The maximum atomic E-state index is 11.6. The molecule has 0 aliphatic carbocycles. The van der Waals surface area contributed by atoms with E-state index in [2.05, 4.69) is 5.32 Å². The number of carboxylic acids is 1. The SMILES string of the molecule is NC(=O)c1cccc(C(=O)NC/C=C/C(=O)O)c1. The Balaban J connectivity index is 2.64. The van der Waals surface area contributed by atoms with Crippen molar-refractivity contribution in [1.82, 2.24) is 5.32 Å². The molecule has 1 rings (SSSR count). The van der Waals surface area contributed by atoms with Gasteiger partial charge in [0, 0.05) is 23.7 Å². The summed E-state index contributed by atoms with van der Waals surface area (Å²) in [5.41, 5.74) is 5.62. The Morgan fingerprint density at radius 3 is 2.56 bits per heavy atom. The largest absolute Gasteiger partial charge is 0.478 e. The number of nitrogens with one attached hydrogen (secondary N) is 1. The molecule has 0 fully saturated rings. The van der Waals surface area contributed by atoms with Crippen molar-refractivity contribution in [1.29, 1.82) is 0 Å². The maximum absolute atomic E-state index is 11.6. The molecule has 0 saturated heterocycles. The molecule has 0 aromatic heterocycles. The zero-order chi connectivity index (χ0) is 13.5. The van der Waals surface area contributed by atoms with Crippen LogP contribution in [-0.2, 0) is 4.79 Å². The number of benzene rings is 1. The molecule has 6 nitrogen and oxygen atoms in total. The summed E-state index contributed by atoms with van der Waals surface area (Å²) in [6.07, 6.45) is 2.23. The van der Waals surface area contributed by atoms with Crippen LogP contribution in [0.4, 0.5) is 0 Å². The van der Waals surface area contributed by atoms with Crippen molar-refractivity contribution in [3.05, 3.63) is 47.5 Å². The Morgan fingerprint density at radius 1 is 1.28 bits per heavy atom. The van der Waals surface area contributed by atoms with Crippen LogP contribution < -0.4 is 11.1 Å². The normalized spacial score (nSPS) is 10.2. The summed E-state index contributed by atoms with van der Waals surface area (Å²) in [5, 5.41) is 10.8. The third kappa shape index (κ3) is 4.09. The molecule has 0 aliphatic rings. The minimum Gasteiger partial charge on any atom is -0.478 e. The van der Waals surface area contributed by atoms with Gasteiger partial charge in [0.1, 0.15) is 0 Å². The maximum Gasteiger partial charge on any atom is 0.328 e. The second-order valence-corrected chi connectivity index (χ2v) is 3.40. The summed E-state index contributed by atoms with van der Waals surface area (Å²) in [5.74, 6) is -2.11. The van der Waals surface area contributed by atoms with Gasteiger partial charge in [0.25, 0.3) is 5.91 Å². The molecule has 0 saturated carbocycles. The highest BCUT2D eigenvalue weighted by molar-refractivity contribution is 5.99. The minimum atomic E-state index is -1.08. The van der Waals surface area contributed by atoms with Crippen molar-refractivity contribution in [2.45, 2.75) is 0 Å². The molecule has 0 unspecified atom stereocenters. The quantitative estimate of drug-likeness (QED) is 0.644. The van der Waals surface area contributed by atoms with Gasteiger partial charge in [-0.1, -0.05) is 12.1 Å². The van der Waals surface area contributed by atoms with Crippen LogP contribution in [0.2, 0.25) is 0 Å². The Labute approximate surface area is 103 Å². The highest BCUT2D eigenvalue weighted by Crippen LogP contribution is 2.04. The van der Waals surface area contributed by atoms with Gasteiger partial charge in [0.05, 0.1) is 0 Å². The summed E-state index contributed by atoms with van der Waals surface area (Å²) in [6.45, 7) is 0.0892. The number of hydrogen-bond acceptors (Lipinski definition) is 3. The van der Waals surface area contributed by atoms with E-state index in [1.807, 2.05) is 0 Å². The van der Waals surface area contributed by atoms with E-state index in [0.717, 1.165) is 6.08 Å². The summed E-state index contributed by atoms with van der Waals surface area (Å²) < 4.78 is 0. The lowest BCUT2D eigenvalue weighted by Crippen LogP contribution is -2.24. The molecule has 0 atom stereocenters. The Bertz CT molecular complexity index is 509. The molecule has 18 heavy (non-hydrogen) atoms. The minimum absolute atomic E-state index is 0.0892. The number of carboxylic acid groups (broad SMARTS) is 1. The topological polar surface area (TPSA) is 109 Å². The first-order chi connectivity index (χ1) is 8.50. The molecule has 2 amide bonds. The van der Waals surface area contributed by atoms with Gasteiger partial charge in [-0.3, -0.25) is 9.59 Å². The number of carbonyl (C=O) groups excluding carboxylic acids is 2. The van der Waals surface area contributed by atoms with Gasteiger partial charge in [-0.05, 0) is 18.2 Å². The van der Waals surface area contributed by atoms with Crippen LogP contribution in [0.25, 0.3) is 0 Å². The number of carbonyl (C=O) groups is 3. The van der Waals surface area contributed by atoms with Crippen LogP contribution in [0.15, 0.2) is 36.4 Å². The van der Waals surface area contributed by atoms with E-state index >= 15 is 0 Å². The van der Waals surface area contributed by atoms with E-state index in [9.17, 15) is 14.4 Å². The molecule has 0 aliphatic heterocycles. The van der Waals surface area contributed by atoms with Crippen LogP contribution >= 0.6 is 0 Å². The van der Waals surface area contributed by atoms with Crippen molar-refractivity contribution >= 4 is 17.8 Å². The van der Waals surface area contributed by atoms with Crippen LogP contribution in [0.1, 0.15) is 20.7 Å². The van der Waals surface area contributed by atoms with Gasteiger partial charge in [0.15, 0.2) is 0 Å². The molecular formula is C12H12N2O4. The second-order valence-electron chi connectivity index (χ2n) is 3.40. The second kappa shape index (κ2) is 6.19. The summed E-state index contributed by atoms with van der Waals surface area (Å²) in [6, 6.07) is 5.95. The Kier molecular flexibility index (Phi) is 4.62. The molecule has 1 aromatic carbocycles. The molecule has 0 radical (unpaired) electrons. The molecule has 94 valence electrons. The molecule has 0 bridgehead atoms. The number of nitrogens with two attached hydrogens (primary N) is 1. The van der Waals surface area contributed by atoms with Crippen molar-refractivity contribution < 1.29 is 19.5 Å². The lowest BCUT2D eigenvalue weighted by molar-refractivity contribution is -0.131. The Hall–Kier alpha value is -2.63. The van der Waals surface area contributed by atoms with Gasteiger partial charge in [-0.15, -0.1) is 0 Å². The molecule has 4 N–H and O–H groups in total. The van der Waals surface area contributed by atoms with Crippen molar-refractivity contribution in [2.75, 3.05) is 6.54 Å². The van der Waals surface area contributed by atoms with Crippen LogP contribution in [0.5, 0.6) is 0 Å². The predicted octanol–water partition coefficient (Wildman–Crippen LogP) is 0.156. The zero-order valence-electron chi connectivity index (χ0n) is 9.42. The lowest BCUT2D eigenvalue weighted by atomic mass is 10.1. The van der Waals surface area contributed by atoms with E-state index < -0.39 is 17.8 Å². The average Bonchev–Trinajstić information content (AvgIpc) is 2.34. The lowest BCUT2D eigenvalue weighted by Gasteiger charge is -2.03. The zero-order valence-corrected chi connectivity index (χ0v) is 9.42. The molecule has 1 aromatic rings. The van der Waals surface area contributed by atoms with E-state index in [-0.39, 0.29) is 17.7 Å². The highest BCUT2D eigenvalue weighted by Gasteiger charge is 2.07. The third-order valence-electron chi connectivity index (χ3n) is 2.05. The number of hydrogen-bond donors (Lipinski definition) is 3. The average molecular weight is 248 g/mol. The van der Waals surface area contributed by atoms with Crippen molar-refractivity contribution in [2.24, 2.45) is 5.73 Å². The number of amides is 2. The van der Waals surface area contributed by atoms with Gasteiger partial charge in [0.2, 0.25) is 5.91 Å². The van der Waals surface area contributed by atoms with Gasteiger partial charge < -0.3 is 16.2 Å². The van der Waals surface area contributed by atoms with Gasteiger partial charge in [-0.25, -0.2) is 4.79 Å². The highest BCUT2D eigenvalue weighted by atomic mass is 16.4. The standard InChI is InChI=1S/C12H12N2O4/c13-11(17)8-3-1-4-9(7-8)12(18)14-6-2-5-10(15)16/h1-5,7H,6H2,(H2,13,17)(H,14,18)(H,15,16)/b5-2+. The Morgan fingerprint density at radius 2 is 1.94 bits per heavy atom. The molecule has 0 heterocycles. The molecular weight excluding hydrogens is 236 g/mol. The fourth-order valence-electron chi connectivity index (χ4n) is 1.23. The third-order valence-corrected chi connectivity index (χ3v) is 2.05. The first-order valence-electron chi connectivity index (χ1n) is 5.08. The molecule has 0 spiro atoms. The number of rotatable bonds is 5. The van der Waals surface area contributed by atoms with Gasteiger partial charge in [-0.2, -0.15) is 0 Å². The fourth-order valence-corrected chi connectivity index (χ4v) is 1.23. The van der Waals surface area contributed by atoms with E-state index in [1.54, 1.807) is 6.07 Å².